The zero-order valence-corrected chi connectivity index (χ0v) is 9.37. The summed E-state index contributed by atoms with van der Waals surface area (Å²) in [6.45, 7) is -0.490. The van der Waals surface area contributed by atoms with Gasteiger partial charge in [-0.25, -0.2) is 0 Å². The van der Waals surface area contributed by atoms with E-state index in [2.05, 4.69) is 10.2 Å². The first-order valence-electron chi connectivity index (χ1n) is 4.75. The molecular formula is C9H9F3N4S. The van der Waals surface area contributed by atoms with Crippen molar-refractivity contribution >= 4 is 17.4 Å². The SMILES string of the molecule is NCC(Sc1nnc2ccccn12)C(F)(F)F. The van der Waals surface area contributed by atoms with Gasteiger partial charge in [0.15, 0.2) is 10.8 Å². The first-order chi connectivity index (χ1) is 8.02. The molecule has 0 aliphatic carbocycles. The van der Waals surface area contributed by atoms with E-state index < -0.39 is 18.0 Å². The fraction of sp³-hybridized carbons (Fsp3) is 0.333. The molecule has 0 saturated carbocycles. The maximum Gasteiger partial charge on any atom is 0.402 e. The van der Waals surface area contributed by atoms with Crippen molar-refractivity contribution in [3.05, 3.63) is 24.4 Å². The third-order valence-electron chi connectivity index (χ3n) is 2.11. The highest BCUT2D eigenvalue weighted by atomic mass is 32.2. The van der Waals surface area contributed by atoms with Gasteiger partial charge in [0.1, 0.15) is 5.25 Å². The first-order valence-corrected chi connectivity index (χ1v) is 5.63. The van der Waals surface area contributed by atoms with Crippen LogP contribution in [0.2, 0.25) is 0 Å². The minimum absolute atomic E-state index is 0.188. The second-order valence-corrected chi connectivity index (χ2v) is 4.47. The van der Waals surface area contributed by atoms with E-state index in [0.717, 1.165) is 0 Å². The largest absolute Gasteiger partial charge is 0.402 e. The molecule has 4 nitrogen and oxygen atoms in total. The molecule has 2 rings (SSSR count). The van der Waals surface area contributed by atoms with Gasteiger partial charge in [-0.05, 0) is 12.1 Å². The van der Waals surface area contributed by atoms with Crippen molar-refractivity contribution in [1.29, 1.82) is 0 Å². The summed E-state index contributed by atoms with van der Waals surface area (Å²) in [6, 6.07) is 5.11. The van der Waals surface area contributed by atoms with Crippen molar-refractivity contribution in [2.24, 2.45) is 5.73 Å². The van der Waals surface area contributed by atoms with Gasteiger partial charge in [0.25, 0.3) is 0 Å². The average Bonchev–Trinajstić information content (AvgIpc) is 2.67. The highest BCUT2D eigenvalue weighted by molar-refractivity contribution is 7.99. The number of halogens is 3. The van der Waals surface area contributed by atoms with Gasteiger partial charge >= 0.3 is 6.18 Å². The molecule has 0 bridgehead atoms. The molecule has 0 aliphatic heterocycles. The summed E-state index contributed by atoms with van der Waals surface area (Å²) in [6.07, 6.45) is -2.73. The van der Waals surface area contributed by atoms with Crippen molar-refractivity contribution in [1.82, 2.24) is 14.6 Å². The summed E-state index contributed by atoms with van der Waals surface area (Å²) in [5.41, 5.74) is 5.63. The lowest BCUT2D eigenvalue weighted by Gasteiger charge is -2.16. The van der Waals surface area contributed by atoms with Crippen LogP contribution in [0.3, 0.4) is 0 Å². The Morgan fingerprint density at radius 2 is 2.12 bits per heavy atom. The van der Waals surface area contributed by atoms with Crippen molar-refractivity contribution in [3.63, 3.8) is 0 Å². The van der Waals surface area contributed by atoms with Crippen LogP contribution in [0.25, 0.3) is 5.65 Å². The molecule has 2 N–H and O–H groups in total. The summed E-state index contributed by atoms with van der Waals surface area (Å²) < 4.78 is 39.2. The maximum atomic E-state index is 12.6. The molecule has 2 aromatic heterocycles. The Balaban J connectivity index is 2.29. The summed E-state index contributed by atoms with van der Waals surface area (Å²) in [4.78, 5) is 0. The second-order valence-electron chi connectivity index (χ2n) is 3.30. The number of hydrogen-bond acceptors (Lipinski definition) is 4. The fourth-order valence-corrected chi connectivity index (χ4v) is 2.12. The lowest BCUT2D eigenvalue weighted by molar-refractivity contribution is -0.126. The molecule has 0 spiro atoms. The summed E-state index contributed by atoms with van der Waals surface area (Å²) in [7, 11) is 0. The minimum Gasteiger partial charge on any atom is -0.329 e. The van der Waals surface area contributed by atoms with Crippen LogP contribution in [0.5, 0.6) is 0 Å². The average molecular weight is 262 g/mol. The topological polar surface area (TPSA) is 56.2 Å². The number of nitrogens with zero attached hydrogens (tertiary/aromatic N) is 3. The second kappa shape index (κ2) is 4.53. The molecule has 2 heterocycles. The summed E-state index contributed by atoms with van der Waals surface area (Å²) in [5.74, 6) is 0. The molecule has 0 radical (unpaired) electrons. The third kappa shape index (κ3) is 2.52. The van der Waals surface area contributed by atoms with Crippen LogP contribution in [0, 0.1) is 0 Å². The van der Waals surface area contributed by atoms with Crippen LogP contribution in [-0.4, -0.2) is 32.6 Å². The Morgan fingerprint density at radius 1 is 1.35 bits per heavy atom. The van der Waals surface area contributed by atoms with E-state index in [0.29, 0.717) is 17.4 Å². The smallest absolute Gasteiger partial charge is 0.329 e. The molecule has 8 heteroatoms. The van der Waals surface area contributed by atoms with Crippen LogP contribution >= 0.6 is 11.8 Å². The molecule has 1 unspecified atom stereocenters. The first kappa shape index (κ1) is 12.2. The lowest BCUT2D eigenvalue weighted by Crippen LogP contribution is -2.33. The number of thioether (sulfide) groups is 1. The highest BCUT2D eigenvalue weighted by Gasteiger charge is 2.40. The van der Waals surface area contributed by atoms with Crippen LogP contribution in [-0.2, 0) is 0 Å². The van der Waals surface area contributed by atoms with Gasteiger partial charge in [0.05, 0.1) is 0 Å². The van der Waals surface area contributed by atoms with E-state index in [1.807, 2.05) is 0 Å². The van der Waals surface area contributed by atoms with Crippen LogP contribution < -0.4 is 5.73 Å². The standard InChI is InChI=1S/C9H9F3N4S/c10-9(11,12)6(5-13)17-8-15-14-7-3-1-2-4-16(7)8/h1-4,6H,5,13H2. The van der Waals surface area contributed by atoms with Crippen molar-refractivity contribution in [2.45, 2.75) is 16.6 Å². The number of hydrogen-bond donors (Lipinski definition) is 1. The number of nitrogens with two attached hydrogens (primary N) is 1. The predicted molar refractivity (Wildman–Crippen MR) is 57.7 cm³/mol. The van der Waals surface area contributed by atoms with E-state index in [9.17, 15) is 13.2 Å². The van der Waals surface area contributed by atoms with Crippen molar-refractivity contribution < 1.29 is 13.2 Å². The quantitative estimate of drug-likeness (QED) is 0.856. The van der Waals surface area contributed by atoms with Crippen LogP contribution in [0.15, 0.2) is 29.6 Å². The summed E-state index contributed by atoms with van der Waals surface area (Å²) in [5, 5.41) is 6.01. The Bertz CT molecular complexity index is 510. The molecule has 1 atom stereocenters. The monoisotopic (exact) mass is 262 g/mol. The van der Waals surface area contributed by atoms with Gasteiger partial charge in [0.2, 0.25) is 0 Å². The fourth-order valence-electron chi connectivity index (χ4n) is 1.28. The molecule has 92 valence electrons. The Kier molecular flexibility index (Phi) is 3.25. The number of alkyl halides is 3. The summed E-state index contributed by atoms with van der Waals surface area (Å²) >= 11 is 0.571. The predicted octanol–water partition coefficient (Wildman–Crippen LogP) is 1.71. The molecule has 0 saturated heterocycles. The van der Waals surface area contributed by atoms with Gasteiger partial charge in [-0.1, -0.05) is 17.8 Å². The number of pyridine rings is 1. The zero-order valence-electron chi connectivity index (χ0n) is 8.55. The van der Waals surface area contributed by atoms with E-state index in [4.69, 9.17) is 5.73 Å². The Morgan fingerprint density at radius 3 is 2.76 bits per heavy atom. The van der Waals surface area contributed by atoms with E-state index >= 15 is 0 Å². The molecule has 17 heavy (non-hydrogen) atoms. The van der Waals surface area contributed by atoms with E-state index in [1.54, 1.807) is 24.4 Å². The number of fused-ring (bicyclic) bond motifs is 1. The Hall–Kier alpha value is -1.28. The van der Waals surface area contributed by atoms with Crippen LogP contribution in [0.1, 0.15) is 0 Å². The van der Waals surface area contributed by atoms with Gasteiger partial charge in [0, 0.05) is 12.7 Å². The van der Waals surface area contributed by atoms with Gasteiger partial charge < -0.3 is 5.73 Å². The normalized spacial score (nSPS) is 14.1. The van der Waals surface area contributed by atoms with E-state index in [-0.39, 0.29) is 5.16 Å². The Labute approximate surface area is 99.0 Å². The van der Waals surface area contributed by atoms with Gasteiger partial charge in [-0.15, -0.1) is 10.2 Å². The number of rotatable bonds is 3. The van der Waals surface area contributed by atoms with Crippen molar-refractivity contribution in [3.8, 4) is 0 Å². The molecule has 2 aromatic rings. The molecule has 0 amide bonds. The maximum absolute atomic E-state index is 12.6. The molecule has 0 aliphatic rings. The molecule has 0 fully saturated rings. The van der Waals surface area contributed by atoms with E-state index in [1.165, 1.54) is 4.40 Å². The number of aromatic nitrogens is 3. The van der Waals surface area contributed by atoms with Crippen molar-refractivity contribution in [2.75, 3.05) is 6.54 Å². The van der Waals surface area contributed by atoms with Crippen LogP contribution in [0.4, 0.5) is 13.2 Å². The molecule has 0 aromatic carbocycles. The third-order valence-corrected chi connectivity index (χ3v) is 3.34. The van der Waals surface area contributed by atoms with Gasteiger partial charge in [-0.3, -0.25) is 4.40 Å². The highest BCUT2D eigenvalue weighted by Crippen LogP contribution is 2.33. The minimum atomic E-state index is -4.35. The molecular weight excluding hydrogens is 253 g/mol. The lowest BCUT2D eigenvalue weighted by atomic mass is 10.4. The zero-order chi connectivity index (χ0) is 12.5. The van der Waals surface area contributed by atoms with Gasteiger partial charge in [-0.2, -0.15) is 13.2 Å².